The van der Waals surface area contributed by atoms with Crippen molar-refractivity contribution in [3.63, 3.8) is 0 Å². The topological polar surface area (TPSA) is 30.5 Å². The van der Waals surface area contributed by atoms with E-state index in [-0.39, 0.29) is 0 Å². The normalized spacial score (nSPS) is 12.4. The zero-order chi connectivity index (χ0) is 11.8. The smallest absolute Gasteiger partial charge is 0.119 e. The molecule has 0 unspecified atom stereocenters. The molecule has 0 saturated heterocycles. The molecule has 1 rings (SSSR count). The van der Waals surface area contributed by atoms with Gasteiger partial charge in [0.25, 0.3) is 0 Å². The van der Waals surface area contributed by atoms with Crippen LogP contribution in [0.1, 0.15) is 25.5 Å². The lowest BCUT2D eigenvalue weighted by Gasteiger charge is -2.14. The minimum atomic E-state index is 0.315. The van der Waals surface area contributed by atoms with Gasteiger partial charge >= 0.3 is 0 Å². The van der Waals surface area contributed by atoms with Crippen molar-refractivity contribution < 1.29 is 9.47 Å². The molecule has 3 nitrogen and oxygen atoms in total. The summed E-state index contributed by atoms with van der Waals surface area (Å²) in [5, 5.41) is 3.40. The van der Waals surface area contributed by atoms with E-state index < -0.39 is 0 Å². The Labute approximate surface area is 97.8 Å². The van der Waals surface area contributed by atoms with Crippen molar-refractivity contribution in [2.45, 2.75) is 19.9 Å². The number of nitrogens with one attached hydrogen (secondary N) is 1. The average molecular weight is 223 g/mol. The third kappa shape index (κ3) is 4.21. The fourth-order valence-corrected chi connectivity index (χ4v) is 1.52. The predicted octanol–water partition coefficient (Wildman–Crippen LogP) is 2.38. The third-order valence-corrected chi connectivity index (χ3v) is 2.49. The molecule has 3 heteroatoms. The summed E-state index contributed by atoms with van der Waals surface area (Å²) in [6.07, 6.45) is 0. The largest absolute Gasteiger partial charge is 0.497 e. The molecule has 1 atom stereocenters. The fourth-order valence-electron chi connectivity index (χ4n) is 1.52. The van der Waals surface area contributed by atoms with Gasteiger partial charge in [-0.05, 0) is 31.5 Å². The van der Waals surface area contributed by atoms with Crippen LogP contribution < -0.4 is 10.1 Å². The average Bonchev–Trinajstić information content (AvgIpc) is 2.34. The Morgan fingerprint density at radius 3 is 2.88 bits per heavy atom. The van der Waals surface area contributed by atoms with Crippen LogP contribution in [0.4, 0.5) is 0 Å². The summed E-state index contributed by atoms with van der Waals surface area (Å²) in [5.74, 6) is 0.899. The van der Waals surface area contributed by atoms with Crippen LogP contribution in [0.3, 0.4) is 0 Å². The summed E-state index contributed by atoms with van der Waals surface area (Å²) >= 11 is 0. The van der Waals surface area contributed by atoms with E-state index in [2.05, 4.69) is 24.4 Å². The predicted molar refractivity (Wildman–Crippen MR) is 65.9 cm³/mol. The first kappa shape index (κ1) is 13.0. The number of hydrogen-bond donors (Lipinski definition) is 1. The second kappa shape index (κ2) is 7.25. The van der Waals surface area contributed by atoms with E-state index in [4.69, 9.17) is 9.47 Å². The Kier molecular flexibility index (Phi) is 5.90. The number of rotatable bonds is 7. The maximum atomic E-state index is 5.28. The van der Waals surface area contributed by atoms with Crippen LogP contribution in [0.5, 0.6) is 5.75 Å². The molecule has 0 saturated carbocycles. The minimum Gasteiger partial charge on any atom is -0.497 e. The van der Waals surface area contributed by atoms with Gasteiger partial charge in [-0.2, -0.15) is 0 Å². The van der Waals surface area contributed by atoms with Gasteiger partial charge < -0.3 is 14.8 Å². The molecule has 1 N–H and O–H groups in total. The minimum absolute atomic E-state index is 0.315. The van der Waals surface area contributed by atoms with Gasteiger partial charge in [0.2, 0.25) is 0 Å². The molecule has 0 fully saturated rings. The van der Waals surface area contributed by atoms with E-state index in [1.807, 2.05) is 19.1 Å². The lowest BCUT2D eigenvalue weighted by Crippen LogP contribution is -2.23. The molecule has 0 radical (unpaired) electrons. The Morgan fingerprint density at radius 1 is 1.38 bits per heavy atom. The molecule has 90 valence electrons. The highest BCUT2D eigenvalue weighted by Gasteiger charge is 2.04. The lowest BCUT2D eigenvalue weighted by atomic mass is 10.1. The zero-order valence-corrected chi connectivity index (χ0v) is 10.3. The van der Waals surface area contributed by atoms with Crippen LogP contribution in [0.2, 0.25) is 0 Å². The van der Waals surface area contributed by atoms with Gasteiger partial charge in [-0.15, -0.1) is 0 Å². The molecule has 1 aromatic rings. The van der Waals surface area contributed by atoms with Crippen molar-refractivity contribution >= 4 is 0 Å². The molecule has 16 heavy (non-hydrogen) atoms. The fraction of sp³-hybridized carbons (Fsp3) is 0.538. The zero-order valence-electron chi connectivity index (χ0n) is 10.3. The summed E-state index contributed by atoms with van der Waals surface area (Å²) in [7, 11) is 1.69. The molecule has 0 aliphatic carbocycles. The van der Waals surface area contributed by atoms with Gasteiger partial charge in [0.1, 0.15) is 5.75 Å². The van der Waals surface area contributed by atoms with Crippen molar-refractivity contribution in [1.29, 1.82) is 0 Å². The maximum Gasteiger partial charge on any atom is 0.119 e. The maximum absolute atomic E-state index is 5.28. The van der Waals surface area contributed by atoms with Crippen LogP contribution in [0, 0.1) is 0 Å². The highest BCUT2D eigenvalue weighted by atomic mass is 16.5. The molecule has 0 spiro atoms. The number of methoxy groups -OCH3 is 1. The van der Waals surface area contributed by atoms with Crippen molar-refractivity contribution in [2.75, 3.05) is 26.9 Å². The highest BCUT2D eigenvalue weighted by molar-refractivity contribution is 5.30. The highest BCUT2D eigenvalue weighted by Crippen LogP contribution is 2.18. The monoisotopic (exact) mass is 223 g/mol. The van der Waals surface area contributed by atoms with Gasteiger partial charge in [0.15, 0.2) is 0 Å². The lowest BCUT2D eigenvalue weighted by molar-refractivity contribution is 0.147. The van der Waals surface area contributed by atoms with Crippen molar-refractivity contribution in [2.24, 2.45) is 0 Å². The SMILES string of the molecule is CCOCCN[C@@H](C)c1cccc(OC)c1. The molecule has 0 amide bonds. The van der Waals surface area contributed by atoms with Crippen LogP contribution in [-0.4, -0.2) is 26.9 Å². The van der Waals surface area contributed by atoms with E-state index in [9.17, 15) is 0 Å². The molecule has 0 bridgehead atoms. The molecule has 1 aromatic carbocycles. The van der Waals surface area contributed by atoms with Gasteiger partial charge in [-0.1, -0.05) is 12.1 Å². The summed E-state index contributed by atoms with van der Waals surface area (Å²) in [6, 6.07) is 8.43. The van der Waals surface area contributed by atoms with Gasteiger partial charge in [-0.25, -0.2) is 0 Å². The van der Waals surface area contributed by atoms with Gasteiger partial charge in [0.05, 0.1) is 13.7 Å². The van der Waals surface area contributed by atoms with Crippen LogP contribution in [0.15, 0.2) is 24.3 Å². The Balaban J connectivity index is 2.42. The summed E-state index contributed by atoms with van der Waals surface area (Å²) in [4.78, 5) is 0. The second-order valence-electron chi connectivity index (χ2n) is 3.65. The molecule has 0 aliphatic rings. The molecular weight excluding hydrogens is 202 g/mol. The van der Waals surface area contributed by atoms with Crippen molar-refractivity contribution in [3.05, 3.63) is 29.8 Å². The third-order valence-electron chi connectivity index (χ3n) is 2.49. The molecular formula is C13H21NO2. The molecule has 0 aromatic heterocycles. The Morgan fingerprint density at radius 2 is 2.19 bits per heavy atom. The van der Waals surface area contributed by atoms with E-state index in [0.717, 1.165) is 25.5 Å². The quantitative estimate of drug-likeness (QED) is 0.720. The van der Waals surface area contributed by atoms with E-state index in [0.29, 0.717) is 6.04 Å². The van der Waals surface area contributed by atoms with Crippen molar-refractivity contribution in [3.8, 4) is 5.75 Å². The number of ether oxygens (including phenoxy) is 2. The molecule has 0 heterocycles. The van der Waals surface area contributed by atoms with Crippen LogP contribution >= 0.6 is 0 Å². The molecule has 0 aliphatic heterocycles. The van der Waals surface area contributed by atoms with Crippen molar-refractivity contribution in [1.82, 2.24) is 5.32 Å². The first-order valence-corrected chi connectivity index (χ1v) is 5.73. The summed E-state index contributed by atoms with van der Waals surface area (Å²) < 4.78 is 10.5. The van der Waals surface area contributed by atoms with E-state index in [1.54, 1.807) is 7.11 Å². The second-order valence-corrected chi connectivity index (χ2v) is 3.65. The van der Waals surface area contributed by atoms with Gasteiger partial charge in [0, 0.05) is 19.2 Å². The summed E-state index contributed by atoms with van der Waals surface area (Å²) in [6.45, 7) is 6.54. The first-order valence-electron chi connectivity index (χ1n) is 5.73. The Bertz CT molecular complexity index is 302. The standard InChI is InChI=1S/C13H21NO2/c1-4-16-9-8-14-11(2)12-6-5-7-13(10-12)15-3/h5-7,10-11,14H,4,8-9H2,1-3H3/t11-/m0/s1. The van der Waals surface area contributed by atoms with E-state index >= 15 is 0 Å². The summed E-state index contributed by atoms with van der Waals surface area (Å²) in [5.41, 5.74) is 1.23. The van der Waals surface area contributed by atoms with Gasteiger partial charge in [-0.3, -0.25) is 0 Å². The van der Waals surface area contributed by atoms with Crippen LogP contribution in [0.25, 0.3) is 0 Å². The Hall–Kier alpha value is -1.06. The van der Waals surface area contributed by atoms with E-state index in [1.165, 1.54) is 5.56 Å². The first-order chi connectivity index (χ1) is 7.77. The van der Waals surface area contributed by atoms with Crippen LogP contribution in [-0.2, 0) is 4.74 Å². The number of hydrogen-bond acceptors (Lipinski definition) is 3. The number of benzene rings is 1.